The molecule has 1 saturated heterocycles. The molecular formula is C24H16BrNO5. The van der Waals surface area contributed by atoms with E-state index in [-0.39, 0.29) is 18.1 Å². The molecule has 1 N–H and O–H groups in total. The van der Waals surface area contributed by atoms with E-state index in [1.54, 1.807) is 42.5 Å². The summed E-state index contributed by atoms with van der Waals surface area (Å²) in [4.78, 5) is 27.6. The van der Waals surface area contributed by atoms with Gasteiger partial charge in [-0.25, -0.2) is 0 Å². The van der Waals surface area contributed by atoms with Gasteiger partial charge >= 0.3 is 0 Å². The second-order valence-electron chi connectivity index (χ2n) is 7.12. The summed E-state index contributed by atoms with van der Waals surface area (Å²) in [6.07, 6.45) is 0. The molecule has 1 amide bonds. The molecule has 5 rings (SSSR count). The quantitative estimate of drug-likeness (QED) is 0.333. The molecule has 7 heteroatoms. The van der Waals surface area contributed by atoms with E-state index in [2.05, 4.69) is 15.9 Å². The fraction of sp³-hybridized carbons (Fsp3) is 0.0833. The van der Waals surface area contributed by atoms with Crippen LogP contribution in [-0.2, 0) is 9.59 Å². The first-order valence-corrected chi connectivity index (χ1v) is 10.4. The van der Waals surface area contributed by atoms with E-state index in [1.165, 1.54) is 4.90 Å². The number of halogens is 1. The van der Waals surface area contributed by atoms with Crippen LogP contribution < -0.4 is 14.4 Å². The maximum atomic E-state index is 13.1. The summed E-state index contributed by atoms with van der Waals surface area (Å²) in [5.74, 6) is -0.605. The minimum absolute atomic E-state index is 0.0381. The first kappa shape index (κ1) is 19.4. The van der Waals surface area contributed by atoms with Gasteiger partial charge in [-0.05, 0) is 29.8 Å². The molecule has 1 unspecified atom stereocenters. The Bertz CT molecular complexity index is 1220. The normalized spacial score (nSPS) is 19.1. The number of nitrogens with zero attached hydrogens (tertiary/aromatic N) is 1. The van der Waals surface area contributed by atoms with Gasteiger partial charge in [-0.1, -0.05) is 58.4 Å². The van der Waals surface area contributed by atoms with E-state index >= 15 is 0 Å². The molecule has 1 fully saturated rings. The Morgan fingerprint density at radius 2 is 1.65 bits per heavy atom. The maximum absolute atomic E-state index is 13.1. The predicted molar refractivity (Wildman–Crippen MR) is 118 cm³/mol. The molecule has 6 nitrogen and oxygen atoms in total. The van der Waals surface area contributed by atoms with Crippen molar-refractivity contribution in [1.82, 2.24) is 0 Å². The minimum atomic E-state index is -0.787. The topological polar surface area (TPSA) is 76.1 Å². The van der Waals surface area contributed by atoms with Crippen LogP contribution in [0.1, 0.15) is 17.2 Å². The molecule has 2 heterocycles. The number of ketones is 1. The third kappa shape index (κ3) is 3.27. The van der Waals surface area contributed by atoms with Crippen molar-refractivity contribution in [1.29, 1.82) is 0 Å². The molecule has 154 valence electrons. The van der Waals surface area contributed by atoms with Crippen LogP contribution in [0.3, 0.4) is 0 Å². The molecule has 0 saturated carbocycles. The Hall–Kier alpha value is -3.58. The molecule has 0 bridgehead atoms. The van der Waals surface area contributed by atoms with Gasteiger partial charge in [0.15, 0.2) is 11.5 Å². The first-order valence-electron chi connectivity index (χ1n) is 9.56. The number of carbonyl (C=O) groups is 2. The second kappa shape index (κ2) is 7.59. The Kier molecular flexibility index (Phi) is 4.75. The van der Waals surface area contributed by atoms with Gasteiger partial charge in [0.1, 0.15) is 5.76 Å². The van der Waals surface area contributed by atoms with Gasteiger partial charge in [0.2, 0.25) is 6.79 Å². The third-order valence-electron chi connectivity index (χ3n) is 5.31. The SMILES string of the molecule is O=C1C(=O)N(c2ccc3c(c2)OCO3)C(c2ccccc2)/C1=C(\O)c1ccc(Br)cc1. The van der Waals surface area contributed by atoms with E-state index in [4.69, 9.17) is 9.47 Å². The summed E-state index contributed by atoms with van der Waals surface area (Å²) >= 11 is 3.36. The Morgan fingerprint density at radius 3 is 2.39 bits per heavy atom. The number of rotatable bonds is 3. The summed E-state index contributed by atoms with van der Waals surface area (Å²) in [5, 5.41) is 11.1. The lowest BCUT2D eigenvalue weighted by molar-refractivity contribution is -0.132. The fourth-order valence-electron chi connectivity index (χ4n) is 3.85. The summed E-state index contributed by atoms with van der Waals surface area (Å²) in [6, 6.07) is 20.4. The third-order valence-corrected chi connectivity index (χ3v) is 5.84. The monoisotopic (exact) mass is 477 g/mol. The molecule has 0 spiro atoms. The van der Waals surface area contributed by atoms with Crippen molar-refractivity contribution in [3.8, 4) is 11.5 Å². The molecule has 3 aromatic rings. The van der Waals surface area contributed by atoms with E-state index in [9.17, 15) is 14.7 Å². The highest BCUT2D eigenvalue weighted by molar-refractivity contribution is 9.10. The molecule has 0 aliphatic carbocycles. The van der Waals surface area contributed by atoms with Crippen LogP contribution >= 0.6 is 15.9 Å². The van der Waals surface area contributed by atoms with E-state index in [1.807, 2.05) is 30.3 Å². The lowest BCUT2D eigenvalue weighted by Crippen LogP contribution is -2.29. The largest absolute Gasteiger partial charge is 0.507 e. The Morgan fingerprint density at radius 1 is 0.935 bits per heavy atom. The number of amides is 1. The number of anilines is 1. The van der Waals surface area contributed by atoms with Crippen molar-refractivity contribution in [3.05, 3.63) is 94.0 Å². The van der Waals surface area contributed by atoms with Crippen LogP contribution in [0.25, 0.3) is 5.76 Å². The van der Waals surface area contributed by atoms with Crippen molar-refractivity contribution >= 4 is 39.1 Å². The molecule has 31 heavy (non-hydrogen) atoms. The number of Topliss-reactive ketones (excluding diaryl/α,β-unsaturated/α-hetero) is 1. The lowest BCUT2D eigenvalue weighted by Gasteiger charge is -2.25. The van der Waals surface area contributed by atoms with Crippen LogP contribution in [-0.4, -0.2) is 23.6 Å². The molecular weight excluding hydrogens is 462 g/mol. The molecule has 0 radical (unpaired) electrons. The Labute approximate surface area is 186 Å². The van der Waals surface area contributed by atoms with Gasteiger partial charge in [0.25, 0.3) is 11.7 Å². The molecule has 0 aromatic heterocycles. The van der Waals surface area contributed by atoms with E-state index < -0.39 is 17.7 Å². The molecule has 1 atom stereocenters. The number of aliphatic hydroxyl groups excluding tert-OH is 1. The fourth-order valence-corrected chi connectivity index (χ4v) is 4.11. The number of ether oxygens (including phenoxy) is 2. The van der Waals surface area contributed by atoms with Gasteiger partial charge in [0.05, 0.1) is 11.6 Å². The van der Waals surface area contributed by atoms with Gasteiger partial charge in [-0.3, -0.25) is 14.5 Å². The van der Waals surface area contributed by atoms with Crippen molar-refractivity contribution in [2.45, 2.75) is 6.04 Å². The van der Waals surface area contributed by atoms with Crippen molar-refractivity contribution < 1.29 is 24.2 Å². The van der Waals surface area contributed by atoms with Crippen LogP contribution in [0.5, 0.6) is 11.5 Å². The number of hydrogen-bond donors (Lipinski definition) is 1. The van der Waals surface area contributed by atoms with Crippen molar-refractivity contribution in [2.75, 3.05) is 11.7 Å². The van der Waals surface area contributed by atoms with E-state index in [0.717, 1.165) is 4.47 Å². The average molecular weight is 478 g/mol. The molecule has 2 aliphatic heterocycles. The average Bonchev–Trinajstić information content (AvgIpc) is 3.36. The zero-order valence-corrected chi connectivity index (χ0v) is 17.7. The first-order chi connectivity index (χ1) is 15.0. The second-order valence-corrected chi connectivity index (χ2v) is 8.04. The van der Waals surface area contributed by atoms with Gasteiger partial charge in [-0.2, -0.15) is 0 Å². The summed E-state index contributed by atoms with van der Waals surface area (Å²) < 4.78 is 11.6. The number of hydrogen-bond acceptors (Lipinski definition) is 5. The predicted octanol–water partition coefficient (Wildman–Crippen LogP) is 4.80. The van der Waals surface area contributed by atoms with Gasteiger partial charge in [0, 0.05) is 21.8 Å². The highest BCUT2D eigenvalue weighted by Crippen LogP contribution is 2.44. The van der Waals surface area contributed by atoms with Crippen molar-refractivity contribution in [2.24, 2.45) is 0 Å². The Balaban J connectivity index is 1.70. The number of fused-ring (bicyclic) bond motifs is 1. The van der Waals surface area contributed by atoms with Crippen LogP contribution in [0.15, 0.2) is 82.8 Å². The zero-order chi connectivity index (χ0) is 21.5. The minimum Gasteiger partial charge on any atom is -0.507 e. The van der Waals surface area contributed by atoms with Crippen LogP contribution in [0.4, 0.5) is 5.69 Å². The van der Waals surface area contributed by atoms with Crippen molar-refractivity contribution in [3.63, 3.8) is 0 Å². The lowest BCUT2D eigenvalue weighted by atomic mass is 9.95. The van der Waals surface area contributed by atoms with Crippen LogP contribution in [0, 0.1) is 0 Å². The summed E-state index contributed by atoms with van der Waals surface area (Å²) in [7, 11) is 0. The summed E-state index contributed by atoms with van der Waals surface area (Å²) in [6.45, 7) is 0.100. The van der Waals surface area contributed by atoms with Crippen LogP contribution in [0.2, 0.25) is 0 Å². The molecule has 2 aliphatic rings. The van der Waals surface area contributed by atoms with Gasteiger partial charge < -0.3 is 14.6 Å². The highest BCUT2D eigenvalue weighted by Gasteiger charge is 2.47. The number of aliphatic hydroxyl groups is 1. The summed E-state index contributed by atoms with van der Waals surface area (Å²) in [5.41, 5.74) is 1.68. The zero-order valence-electron chi connectivity index (χ0n) is 16.1. The number of benzene rings is 3. The number of carbonyl (C=O) groups excluding carboxylic acids is 2. The molecule has 3 aromatic carbocycles. The maximum Gasteiger partial charge on any atom is 0.300 e. The standard InChI is InChI=1S/C24H16BrNO5/c25-16-8-6-15(7-9-16)22(27)20-21(14-4-2-1-3-5-14)26(24(29)23(20)28)17-10-11-18-19(12-17)31-13-30-18/h1-12,21,27H,13H2/b22-20+. The van der Waals surface area contributed by atoms with Gasteiger partial charge in [-0.15, -0.1) is 0 Å². The van der Waals surface area contributed by atoms with E-state index in [0.29, 0.717) is 28.3 Å². The highest BCUT2D eigenvalue weighted by atomic mass is 79.9. The smallest absolute Gasteiger partial charge is 0.300 e.